The summed E-state index contributed by atoms with van der Waals surface area (Å²) in [5.41, 5.74) is 3.30. The monoisotopic (exact) mass is 465 g/mol. The number of morpholine rings is 1. The van der Waals surface area contributed by atoms with Crippen molar-refractivity contribution in [1.82, 2.24) is 24.8 Å². The molecule has 3 heterocycles. The second kappa shape index (κ2) is 11.6. The lowest BCUT2D eigenvalue weighted by atomic mass is 10.2. The largest absolute Gasteiger partial charge is 0.373 e. The highest BCUT2D eigenvalue weighted by atomic mass is 16.5. The summed E-state index contributed by atoms with van der Waals surface area (Å²) in [6.07, 6.45) is 7.17. The summed E-state index contributed by atoms with van der Waals surface area (Å²) in [4.78, 5) is 11.8. The van der Waals surface area contributed by atoms with E-state index in [-0.39, 0.29) is 0 Å². The number of benzene rings is 1. The van der Waals surface area contributed by atoms with E-state index in [1.807, 2.05) is 7.05 Å². The number of nitrogens with zero attached hydrogens (tertiary/aromatic N) is 4. The lowest BCUT2D eigenvalue weighted by molar-refractivity contribution is -0.0680. The molecule has 4 rings (SSSR count). The molecule has 2 atom stereocenters. The van der Waals surface area contributed by atoms with Gasteiger partial charge in [0.15, 0.2) is 0 Å². The summed E-state index contributed by atoms with van der Waals surface area (Å²) in [5, 5.41) is 11.1. The highest BCUT2D eigenvalue weighted by Crippen LogP contribution is 2.25. The average Bonchev–Trinajstić information content (AvgIpc) is 3.30. The molecule has 2 aromatic heterocycles. The Kier molecular flexibility index (Phi) is 8.37. The Hall–Kier alpha value is -2.68. The summed E-state index contributed by atoms with van der Waals surface area (Å²) in [7, 11) is 1.85. The van der Waals surface area contributed by atoms with E-state index in [4.69, 9.17) is 4.74 Å². The van der Waals surface area contributed by atoms with Crippen LogP contribution in [-0.4, -0.2) is 71.4 Å². The topological polar surface area (TPSA) is 79.3 Å². The molecule has 1 aromatic carbocycles. The van der Waals surface area contributed by atoms with Gasteiger partial charge in [-0.1, -0.05) is 6.92 Å². The molecule has 3 N–H and O–H groups in total. The van der Waals surface area contributed by atoms with E-state index in [1.54, 1.807) is 0 Å². The summed E-state index contributed by atoms with van der Waals surface area (Å²) >= 11 is 0. The van der Waals surface area contributed by atoms with E-state index in [2.05, 4.69) is 92.8 Å². The minimum Gasteiger partial charge on any atom is -0.373 e. The van der Waals surface area contributed by atoms with Gasteiger partial charge in [0, 0.05) is 56.7 Å². The number of anilines is 2. The Morgan fingerprint density at radius 2 is 1.91 bits per heavy atom. The zero-order valence-electron chi connectivity index (χ0n) is 21.0. The molecule has 1 aliphatic rings. The van der Waals surface area contributed by atoms with Crippen LogP contribution in [0.5, 0.6) is 0 Å². The molecule has 8 heteroatoms. The van der Waals surface area contributed by atoms with Gasteiger partial charge in [-0.25, -0.2) is 4.98 Å². The second-order valence-electron chi connectivity index (χ2n) is 9.25. The van der Waals surface area contributed by atoms with Crippen molar-refractivity contribution in [2.45, 2.75) is 52.4 Å². The smallest absolute Gasteiger partial charge is 0.224 e. The van der Waals surface area contributed by atoms with Crippen LogP contribution >= 0.6 is 0 Å². The van der Waals surface area contributed by atoms with Gasteiger partial charge in [-0.3, -0.25) is 4.90 Å². The van der Waals surface area contributed by atoms with E-state index in [9.17, 15) is 0 Å². The molecule has 184 valence electrons. The number of hydrogen-bond acceptors (Lipinski definition) is 7. The Morgan fingerprint density at radius 1 is 1.09 bits per heavy atom. The van der Waals surface area contributed by atoms with Crippen LogP contribution in [0.4, 0.5) is 11.8 Å². The molecule has 3 aromatic rings. The van der Waals surface area contributed by atoms with Gasteiger partial charge in [-0.2, -0.15) is 4.98 Å². The number of fused-ring (bicyclic) bond motifs is 1. The second-order valence-corrected chi connectivity index (χ2v) is 9.25. The minimum atomic E-state index is 0.335. The minimum absolute atomic E-state index is 0.335. The van der Waals surface area contributed by atoms with Crippen molar-refractivity contribution in [3.8, 4) is 5.69 Å². The van der Waals surface area contributed by atoms with Gasteiger partial charge in [0.25, 0.3) is 0 Å². The zero-order valence-corrected chi connectivity index (χ0v) is 21.0. The SMILES string of the molecule is CCCNc1nc(NC)nc2cc(-n3ccc(CNCCCN4CC(C)OC(C)C4)c3)ccc12. The van der Waals surface area contributed by atoms with E-state index < -0.39 is 0 Å². The lowest BCUT2D eigenvalue weighted by Crippen LogP contribution is -2.46. The molecule has 0 saturated carbocycles. The van der Waals surface area contributed by atoms with Crippen LogP contribution in [0, 0.1) is 0 Å². The lowest BCUT2D eigenvalue weighted by Gasteiger charge is -2.35. The first kappa shape index (κ1) is 24.4. The third-order valence-electron chi connectivity index (χ3n) is 6.15. The highest BCUT2D eigenvalue weighted by Gasteiger charge is 2.21. The van der Waals surface area contributed by atoms with Gasteiger partial charge in [0.2, 0.25) is 5.95 Å². The van der Waals surface area contributed by atoms with Crippen molar-refractivity contribution in [3.05, 3.63) is 42.2 Å². The van der Waals surface area contributed by atoms with Crippen LogP contribution in [0.15, 0.2) is 36.7 Å². The first-order chi connectivity index (χ1) is 16.6. The van der Waals surface area contributed by atoms with Crippen molar-refractivity contribution >= 4 is 22.7 Å². The summed E-state index contributed by atoms with van der Waals surface area (Å²) in [6, 6.07) is 8.53. The first-order valence-electron chi connectivity index (χ1n) is 12.5. The van der Waals surface area contributed by atoms with Crippen LogP contribution in [0.2, 0.25) is 0 Å². The highest BCUT2D eigenvalue weighted by molar-refractivity contribution is 5.91. The van der Waals surface area contributed by atoms with Crippen LogP contribution in [0.1, 0.15) is 39.2 Å². The van der Waals surface area contributed by atoms with Crippen LogP contribution in [0.25, 0.3) is 16.6 Å². The maximum Gasteiger partial charge on any atom is 0.224 e. The zero-order chi connectivity index (χ0) is 23.9. The fourth-order valence-corrected chi connectivity index (χ4v) is 4.60. The van der Waals surface area contributed by atoms with E-state index >= 15 is 0 Å². The third kappa shape index (κ3) is 6.25. The maximum absolute atomic E-state index is 5.82. The molecule has 1 saturated heterocycles. The molecule has 0 radical (unpaired) electrons. The van der Waals surface area contributed by atoms with Crippen LogP contribution < -0.4 is 16.0 Å². The van der Waals surface area contributed by atoms with Gasteiger partial charge in [-0.05, 0) is 69.6 Å². The number of aromatic nitrogens is 3. The normalized spacial score (nSPS) is 18.9. The molecule has 0 amide bonds. The van der Waals surface area contributed by atoms with E-state index in [0.717, 1.165) is 74.5 Å². The van der Waals surface area contributed by atoms with Crippen LogP contribution in [0.3, 0.4) is 0 Å². The summed E-state index contributed by atoms with van der Waals surface area (Å²) < 4.78 is 7.98. The van der Waals surface area contributed by atoms with Crippen molar-refractivity contribution in [1.29, 1.82) is 0 Å². The van der Waals surface area contributed by atoms with E-state index in [1.165, 1.54) is 5.56 Å². The number of nitrogens with one attached hydrogen (secondary N) is 3. The molecule has 0 aliphatic carbocycles. The summed E-state index contributed by atoms with van der Waals surface area (Å²) in [5.74, 6) is 1.50. The van der Waals surface area contributed by atoms with Gasteiger partial charge < -0.3 is 25.3 Å². The van der Waals surface area contributed by atoms with Gasteiger partial charge in [0.1, 0.15) is 5.82 Å². The third-order valence-corrected chi connectivity index (χ3v) is 6.15. The van der Waals surface area contributed by atoms with Gasteiger partial charge in [-0.15, -0.1) is 0 Å². The fourth-order valence-electron chi connectivity index (χ4n) is 4.60. The van der Waals surface area contributed by atoms with Crippen LogP contribution in [-0.2, 0) is 11.3 Å². The molecule has 8 nitrogen and oxygen atoms in total. The van der Waals surface area contributed by atoms with Crippen molar-refractivity contribution in [2.24, 2.45) is 0 Å². The number of hydrogen-bond donors (Lipinski definition) is 3. The Bertz CT molecular complexity index is 1060. The molecule has 0 bridgehead atoms. The first-order valence-corrected chi connectivity index (χ1v) is 12.5. The molecule has 1 aliphatic heterocycles. The van der Waals surface area contributed by atoms with E-state index in [0.29, 0.717) is 18.2 Å². The maximum atomic E-state index is 5.82. The molecule has 0 spiro atoms. The molecular formula is C26H39N7O. The average molecular weight is 466 g/mol. The van der Waals surface area contributed by atoms with Crippen molar-refractivity contribution < 1.29 is 4.74 Å². The van der Waals surface area contributed by atoms with Crippen molar-refractivity contribution in [3.63, 3.8) is 0 Å². The van der Waals surface area contributed by atoms with Gasteiger partial charge >= 0.3 is 0 Å². The Morgan fingerprint density at radius 3 is 2.68 bits per heavy atom. The number of ether oxygens (including phenoxy) is 1. The molecule has 1 fully saturated rings. The fraction of sp³-hybridized carbons (Fsp3) is 0.538. The standard InChI is InChI=1S/C26H39N7O/c1-5-10-29-25-23-8-7-22(14-24(23)30-26(27-4)31-25)33-13-9-21(18-33)15-28-11-6-12-32-16-19(2)34-20(3)17-32/h7-9,13-14,18-20,28H,5-6,10-12,15-17H2,1-4H3,(H2,27,29,30,31). The quantitative estimate of drug-likeness (QED) is 0.371. The van der Waals surface area contributed by atoms with Gasteiger partial charge in [0.05, 0.1) is 17.7 Å². The molecule has 2 unspecified atom stereocenters. The summed E-state index contributed by atoms with van der Waals surface area (Å²) in [6.45, 7) is 12.4. The molecular weight excluding hydrogens is 426 g/mol. The number of rotatable bonds is 11. The van der Waals surface area contributed by atoms with Crippen molar-refractivity contribution in [2.75, 3.05) is 50.4 Å². The predicted octanol–water partition coefficient (Wildman–Crippen LogP) is 3.87. The molecule has 34 heavy (non-hydrogen) atoms. The predicted molar refractivity (Wildman–Crippen MR) is 140 cm³/mol. The Labute approximate surface area is 203 Å². The Balaban J connectivity index is 1.33.